The van der Waals surface area contributed by atoms with Gasteiger partial charge in [0.05, 0.1) is 24.8 Å². The van der Waals surface area contributed by atoms with E-state index in [1.807, 2.05) is 0 Å². The third-order valence-electron chi connectivity index (χ3n) is 3.12. The third-order valence-corrected chi connectivity index (χ3v) is 3.12. The zero-order chi connectivity index (χ0) is 17.5. The molecule has 2 aromatic rings. The fourth-order valence-electron chi connectivity index (χ4n) is 1.93. The first kappa shape index (κ1) is 17.2. The Balaban J connectivity index is 1.72. The van der Waals surface area contributed by atoms with Gasteiger partial charge in [0.25, 0.3) is 11.8 Å². The fraction of sp³-hybridized carbons (Fsp3) is 0.188. The molecule has 0 unspecified atom stereocenters. The molecule has 0 aliphatic carbocycles. The van der Waals surface area contributed by atoms with E-state index in [1.54, 1.807) is 13.0 Å². The Morgan fingerprint density at radius 1 is 1.12 bits per heavy atom. The van der Waals surface area contributed by atoms with E-state index in [2.05, 4.69) is 16.2 Å². The Morgan fingerprint density at radius 3 is 2.58 bits per heavy atom. The molecule has 1 heterocycles. The molecule has 0 bridgehead atoms. The molecule has 1 aromatic heterocycles. The third kappa shape index (κ3) is 4.94. The maximum Gasteiger partial charge on any atom is 0.273 e. The van der Waals surface area contributed by atoms with Crippen LogP contribution in [0.4, 0.5) is 4.39 Å². The van der Waals surface area contributed by atoms with Gasteiger partial charge in [-0.15, -0.1) is 0 Å². The quantitative estimate of drug-likeness (QED) is 0.706. The number of hydrogen-bond acceptors (Lipinski definition) is 4. The summed E-state index contributed by atoms with van der Waals surface area (Å²) in [5.74, 6) is -1.58. The standard InChI is InChI=1S/C16H16FN3O4/c1-10-13(5-6-24-10)16(23)20-19-15(22)9-18-14(21)8-11-3-2-4-12(17)7-11/h2-7H,8-9H2,1H3,(H,18,21)(H,19,22)(H,20,23). The molecular weight excluding hydrogens is 317 g/mol. The summed E-state index contributed by atoms with van der Waals surface area (Å²) in [6, 6.07) is 7.10. The van der Waals surface area contributed by atoms with Gasteiger partial charge in [0.2, 0.25) is 5.91 Å². The van der Waals surface area contributed by atoms with Gasteiger partial charge < -0.3 is 9.73 Å². The van der Waals surface area contributed by atoms with Crippen molar-refractivity contribution in [2.75, 3.05) is 6.54 Å². The molecule has 3 amide bonds. The van der Waals surface area contributed by atoms with Crippen LogP contribution in [0.1, 0.15) is 21.7 Å². The summed E-state index contributed by atoms with van der Waals surface area (Å²) in [7, 11) is 0. The van der Waals surface area contributed by atoms with E-state index in [0.717, 1.165) is 0 Å². The largest absolute Gasteiger partial charge is 0.469 e. The lowest BCUT2D eigenvalue weighted by Crippen LogP contribution is -2.46. The molecule has 7 nitrogen and oxygen atoms in total. The number of furan rings is 1. The number of rotatable bonds is 5. The molecule has 0 radical (unpaired) electrons. The molecule has 0 spiro atoms. The number of carbonyl (C=O) groups is 3. The number of hydrogen-bond donors (Lipinski definition) is 3. The predicted molar refractivity (Wildman–Crippen MR) is 82.2 cm³/mol. The van der Waals surface area contributed by atoms with Gasteiger partial charge >= 0.3 is 0 Å². The van der Waals surface area contributed by atoms with Crippen LogP contribution in [0, 0.1) is 12.7 Å². The Bertz CT molecular complexity index is 757. The molecule has 126 valence electrons. The summed E-state index contributed by atoms with van der Waals surface area (Å²) in [6.07, 6.45) is 1.31. The lowest BCUT2D eigenvalue weighted by Gasteiger charge is -2.08. The zero-order valence-corrected chi connectivity index (χ0v) is 12.9. The van der Waals surface area contributed by atoms with Crippen LogP contribution in [-0.4, -0.2) is 24.3 Å². The lowest BCUT2D eigenvalue weighted by atomic mass is 10.1. The van der Waals surface area contributed by atoms with Gasteiger partial charge in [0, 0.05) is 0 Å². The molecule has 0 saturated carbocycles. The second-order valence-corrected chi connectivity index (χ2v) is 4.98. The first-order valence-corrected chi connectivity index (χ1v) is 7.10. The van der Waals surface area contributed by atoms with Gasteiger partial charge in [-0.05, 0) is 30.7 Å². The van der Waals surface area contributed by atoms with E-state index in [4.69, 9.17) is 4.42 Å². The summed E-state index contributed by atoms with van der Waals surface area (Å²) in [4.78, 5) is 35.0. The molecule has 0 atom stereocenters. The van der Waals surface area contributed by atoms with E-state index >= 15 is 0 Å². The van der Waals surface area contributed by atoms with Crippen molar-refractivity contribution in [2.24, 2.45) is 0 Å². The van der Waals surface area contributed by atoms with E-state index < -0.39 is 23.5 Å². The summed E-state index contributed by atoms with van der Waals surface area (Å²) >= 11 is 0. The zero-order valence-electron chi connectivity index (χ0n) is 12.9. The van der Waals surface area contributed by atoms with Crippen molar-refractivity contribution in [3.8, 4) is 0 Å². The van der Waals surface area contributed by atoms with Gasteiger partial charge in [0.15, 0.2) is 0 Å². The molecule has 8 heteroatoms. The normalized spacial score (nSPS) is 10.1. The summed E-state index contributed by atoms with van der Waals surface area (Å²) in [5.41, 5.74) is 5.17. The van der Waals surface area contributed by atoms with Crippen molar-refractivity contribution < 1.29 is 23.2 Å². The molecule has 1 aromatic carbocycles. The minimum atomic E-state index is -0.600. The van der Waals surface area contributed by atoms with Crippen LogP contribution in [0.15, 0.2) is 41.0 Å². The molecular formula is C16H16FN3O4. The van der Waals surface area contributed by atoms with Crippen LogP contribution < -0.4 is 16.2 Å². The van der Waals surface area contributed by atoms with Crippen molar-refractivity contribution in [1.82, 2.24) is 16.2 Å². The van der Waals surface area contributed by atoms with E-state index in [0.29, 0.717) is 16.9 Å². The highest BCUT2D eigenvalue weighted by atomic mass is 19.1. The molecule has 0 saturated heterocycles. The minimum absolute atomic E-state index is 0.0500. The molecule has 3 N–H and O–H groups in total. The number of carbonyl (C=O) groups excluding carboxylic acids is 3. The summed E-state index contributed by atoms with van der Waals surface area (Å²) in [6.45, 7) is 1.29. The van der Waals surface area contributed by atoms with Gasteiger partial charge in [-0.2, -0.15) is 0 Å². The minimum Gasteiger partial charge on any atom is -0.469 e. The maximum absolute atomic E-state index is 13.0. The van der Waals surface area contributed by atoms with Gasteiger partial charge in [-0.1, -0.05) is 12.1 Å². The first-order valence-electron chi connectivity index (χ1n) is 7.10. The van der Waals surface area contributed by atoms with Crippen molar-refractivity contribution in [2.45, 2.75) is 13.3 Å². The second-order valence-electron chi connectivity index (χ2n) is 4.98. The van der Waals surface area contributed by atoms with E-state index in [-0.39, 0.29) is 13.0 Å². The van der Waals surface area contributed by atoms with Crippen LogP contribution in [0.2, 0.25) is 0 Å². The predicted octanol–water partition coefficient (Wildman–Crippen LogP) is 0.847. The molecule has 24 heavy (non-hydrogen) atoms. The summed E-state index contributed by atoms with van der Waals surface area (Å²) < 4.78 is 18.0. The molecule has 0 aliphatic heterocycles. The average molecular weight is 333 g/mol. The average Bonchev–Trinajstić information content (AvgIpc) is 2.97. The number of aryl methyl sites for hydroxylation is 1. The second kappa shape index (κ2) is 7.91. The number of amides is 3. The Labute approximate surface area is 137 Å². The highest BCUT2D eigenvalue weighted by Gasteiger charge is 2.12. The molecule has 2 rings (SSSR count). The smallest absolute Gasteiger partial charge is 0.273 e. The summed E-state index contributed by atoms with van der Waals surface area (Å²) in [5, 5.41) is 2.38. The van der Waals surface area contributed by atoms with Crippen molar-refractivity contribution >= 4 is 17.7 Å². The van der Waals surface area contributed by atoms with Gasteiger partial charge in [-0.25, -0.2) is 4.39 Å². The van der Waals surface area contributed by atoms with Crippen molar-refractivity contribution in [3.63, 3.8) is 0 Å². The van der Waals surface area contributed by atoms with Gasteiger partial charge in [0.1, 0.15) is 11.6 Å². The Hall–Kier alpha value is -3.16. The number of halogens is 1. The van der Waals surface area contributed by atoms with Crippen LogP contribution in [0.25, 0.3) is 0 Å². The SMILES string of the molecule is Cc1occc1C(=O)NNC(=O)CNC(=O)Cc1cccc(F)c1. The highest BCUT2D eigenvalue weighted by molar-refractivity contribution is 5.96. The van der Waals surface area contributed by atoms with E-state index in [1.165, 1.54) is 30.5 Å². The number of hydrazine groups is 1. The Morgan fingerprint density at radius 2 is 1.92 bits per heavy atom. The van der Waals surface area contributed by atoms with Crippen molar-refractivity contribution in [1.29, 1.82) is 0 Å². The fourth-order valence-corrected chi connectivity index (χ4v) is 1.93. The molecule has 0 fully saturated rings. The first-order chi connectivity index (χ1) is 11.5. The lowest BCUT2D eigenvalue weighted by molar-refractivity contribution is -0.126. The molecule has 0 aliphatic rings. The highest BCUT2D eigenvalue weighted by Crippen LogP contribution is 2.07. The maximum atomic E-state index is 13.0. The van der Waals surface area contributed by atoms with Crippen LogP contribution in [-0.2, 0) is 16.0 Å². The topological polar surface area (TPSA) is 100 Å². The van der Waals surface area contributed by atoms with Crippen LogP contribution in [0.3, 0.4) is 0 Å². The van der Waals surface area contributed by atoms with Crippen LogP contribution >= 0.6 is 0 Å². The van der Waals surface area contributed by atoms with Gasteiger partial charge in [-0.3, -0.25) is 25.2 Å². The number of benzene rings is 1. The van der Waals surface area contributed by atoms with Crippen LogP contribution in [0.5, 0.6) is 0 Å². The van der Waals surface area contributed by atoms with Crippen molar-refractivity contribution in [3.05, 3.63) is 59.3 Å². The number of nitrogens with one attached hydrogen (secondary N) is 3. The Kier molecular flexibility index (Phi) is 5.67. The monoisotopic (exact) mass is 333 g/mol. The van der Waals surface area contributed by atoms with E-state index in [9.17, 15) is 18.8 Å².